The molecule has 0 aromatic rings. The second-order valence-electron chi connectivity index (χ2n) is 9.56. The predicted octanol–water partition coefficient (Wildman–Crippen LogP) is 1.06. The molecule has 32 heavy (non-hydrogen) atoms. The number of rotatable bonds is 4. The van der Waals surface area contributed by atoms with E-state index in [2.05, 4.69) is 20.1 Å². The first-order valence-corrected chi connectivity index (χ1v) is 11.6. The van der Waals surface area contributed by atoms with E-state index < -0.39 is 12.3 Å². The van der Waals surface area contributed by atoms with E-state index in [9.17, 15) is 8.78 Å². The third-order valence-electron chi connectivity index (χ3n) is 7.71. The maximum Gasteiger partial charge on any atom is 0.261 e. The van der Waals surface area contributed by atoms with Crippen LogP contribution in [0.1, 0.15) is 25.7 Å². The molecular weight excluding hydrogens is 418 g/mol. The van der Waals surface area contributed by atoms with Crippen LogP contribution in [-0.4, -0.2) is 91.2 Å². The Kier molecular flexibility index (Phi) is 5.19. The Bertz CT molecular complexity index is 858. The summed E-state index contributed by atoms with van der Waals surface area (Å²) in [7, 11) is 0. The first-order valence-electron chi connectivity index (χ1n) is 11.6. The zero-order valence-electron chi connectivity index (χ0n) is 18.0. The number of nitrogens with zero attached hydrogens (tertiary/aromatic N) is 4. The first kappa shape index (κ1) is 20.6. The van der Waals surface area contributed by atoms with Crippen LogP contribution in [0.25, 0.3) is 0 Å². The maximum atomic E-state index is 13.9. The standard InChI is InChI=1S/C22H30F2N6O2/c23-21(24)16-5-19(25)26-7-17(16)18-6-20(29-12-1-2-13(29)9-31-8-12)28-22(27-18)30-14-3-4-15(30)11-32-10-14/h5-6,12-15,17,21-22,28H,1-4,7-11H2,(H2,25,26). The quantitative estimate of drug-likeness (QED) is 0.669. The molecule has 174 valence electrons. The molecule has 0 radical (unpaired) electrons. The zero-order chi connectivity index (χ0) is 21.8. The minimum Gasteiger partial charge on any atom is -0.384 e. The number of nitrogens with two attached hydrogens (primary N) is 1. The summed E-state index contributed by atoms with van der Waals surface area (Å²) in [4.78, 5) is 14.1. The van der Waals surface area contributed by atoms with Gasteiger partial charge in [0.05, 0.1) is 50.8 Å². The molecule has 6 rings (SSSR count). The van der Waals surface area contributed by atoms with Gasteiger partial charge in [-0.3, -0.25) is 9.89 Å². The van der Waals surface area contributed by atoms with Gasteiger partial charge in [-0.2, -0.15) is 0 Å². The average Bonchev–Trinajstić information content (AvgIpc) is 3.20. The molecule has 0 amide bonds. The van der Waals surface area contributed by atoms with Crippen LogP contribution < -0.4 is 11.1 Å². The number of aliphatic imine (C=N–C) groups is 2. The summed E-state index contributed by atoms with van der Waals surface area (Å²) in [6, 6.07) is 1.20. The lowest BCUT2D eigenvalue weighted by molar-refractivity contribution is -0.0462. The fraction of sp³-hybridized carbons (Fsp3) is 0.727. The zero-order valence-corrected chi connectivity index (χ0v) is 18.0. The Morgan fingerprint density at radius 2 is 1.59 bits per heavy atom. The van der Waals surface area contributed by atoms with Crippen LogP contribution >= 0.6 is 0 Å². The maximum absolute atomic E-state index is 13.9. The number of allylic oxidation sites excluding steroid dienone is 1. The molecule has 6 aliphatic heterocycles. The van der Waals surface area contributed by atoms with E-state index in [1.165, 1.54) is 6.08 Å². The van der Waals surface area contributed by atoms with Crippen LogP contribution in [0.5, 0.6) is 0 Å². The molecule has 0 aliphatic carbocycles. The fourth-order valence-corrected chi connectivity index (χ4v) is 6.19. The van der Waals surface area contributed by atoms with Crippen LogP contribution in [0.4, 0.5) is 8.78 Å². The van der Waals surface area contributed by atoms with Gasteiger partial charge in [0.25, 0.3) is 6.43 Å². The van der Waals surface area contributed by atoms with Gasteiger partial charge in [-0.25, -0.2) is 13.8 Å². The highest BCUT2D eigenvalue weighted by atomic mass is 19.3. The Labute approximate surface area is 186 Å². The highest BCUT2D eigenvalue weighted by Gasteiger charge is 2.45. The predicted molar refractivity (Wildman–Crippen MR) is 115 cm³/mol. The number of hydrogen-bond acceptors (Lipinski definition) is 8. The van der Waals surface area contributed by atoms with Crippen molar-refractivity contribution in [1.29, 1.82) is 0 Å². The first-order chi connectivity index (χ1) is 15.6. The third-order valence-corrected chi connectivity index (χ3v) is 7.71. The Morgan fingerprint density at radius 1 is 0.969 bits per heavy atom. The van der Waals surface area contributed by atoms with Gasteiger partial charge < -0.3 is 25.4 Å². The molecule has 4 bridgehead atoms. The molecule has 4 saturated heterocycles. The van der Waals surface area contributed by atoms with Crippen LogP contribution in [0.2, 0.25) is 0 Å². The summed E-state index contributed by atoms with van der Waals surface area (Å²) in [5, 5.41) is 3.66. The fourth-order valence-electron chi connectivity index (χ4n) is 6.19. The van der Waals surface area contributed by atoms with Gasteiger partial charge in [-0.15, -0.1) is 0 Å². The summed E-state index contributed by atoms with van der Waals surface area (Å²) in [6.45, 7) is 2.97. The minimum atomic E-state index is -2.60. The van der Waals surface area contributed by atoms with Crippen molar-refractivity contribution < 1.29 is 18.3 Å². The van der Waals surface area contributed by atoms with Gasteiger partial charge in [0, 0.05) is 29.7 Å². The van der Waals surface area contributed by atoms with Gasteiger partial charge in [0.15, 0.2) is 6.29 Å². The van der Waals surface area contributed by atoms with Gasteiger partial charge in [0.2, 0.25) is 0 Å². The summed E-state index contributed by atoms with van der Waals surface area (Å²) in [5.41, 5.74) is 6.42. The lowest BCUT2D eigenvalue weighted by Gasteiger charge is -2.45. The monoisotopic (exact) mass is 448 g/mol. The highest BCUT2D eigenvalue weighted by molar-refractivity contribution is 6.03. The molecule has 0 aromatic heterocycles. The van der Waals surface area contributed by atoms with Crippen molar-refractivity contribution in [3.8, 4) is 0 Å². The third kappa shape index (κ3) is 3.43. The van der Waals surface area contributed by atoms with Crippen molar-refractivity contribution in [2.75, 3.05) is 33.0 Å². The van der Waals surface area contributed by atoms with E-state index >= 15 is 0 Å². The number of alkyl halides is 2. The van der Waals surface area contributed by atoms with Crippen molar-refractivity contribution in [3.63, 3.8) is 0 Å². The Hall–Kier alpha value is -2.04. The molecule has 6 atom stereocenters. The van der Waals surface area contributed by atoms with Crippen LogP contribution in [-0.2, 0) is 9.47 Å². The number of dihydropyridines is 1. The van der Waals surface area contributed by atoms with Crippen molar-refractivity contribution in [3.05, 3.63) is 23.5 Å². The van der Waals surface area contributed by atoms with Crippen LogP contribution in [0.15, 0.2) is 33.5 Å². The number of hydrogen-bond donors (Lipinski definition) is 2. The normalized spacial score (nSPS) is 39.4. The molecule has 6 aliphatic rings. The molecule has 0 saturated carbocycles. The molecule has 4 fully saturated rings. The highest BCUT2D eigenvalue weighted by Crippen LogP contribution is 2.36. The topological polar surface area (TPSA) is 87.7 Å². The molecule has 0 spiro atoms. The van der Waals surface area contributed by atoms with E-state index in [-0.39, 0.29) is 24.2 Å². The number of halogens is 2. The van der Waals surface area contributed by atoms with E-state index in [0.717, 1.165) is 31.5 Å². The minimum absolute atomic E-state index is 0.00222. The average molecular weight is 449 g/mol. The molecule has 0 aromatic carbocycles. The Balaban J connectivity index is 1.37. The van der Waals surface area contributed by atoms with Crippen molar-refractivity contribution in [2.24, 2.45) is 21.6 Å². The number of ether oxygens (including phenoxy) is 2. The molecule has 8 nitrogen and oxygen atoms in total. The summed E-state index contributed by atoms with van der Waals surface area (Å²) in [6.07, 6.45) is 4.70. The smallest absolute Gasteiger partial charge is 0.261 e. The summed E-state index contributed by atoms with van der Waals surface area (Å²) >= 11 is 0. The van der Waals surface area contributed by atoms with Gasteiger partial charge in [-0.1, -0.05) is 0 Å². The van der Waals surface area contributed by atoms with Gasteiger partial charge in [0.1, 0.15) is 11.7 Å². The largest absolute Gasteiger partial charge is 0.384 e. The molecular formula is C22H30F2N6O2. The lowest BCUT2D eigenvalue weighted by atomic mass is 9.90. The number of nitrogens with one attached hydrogen (secondary N) is 1. The number of amidine groups is 1. The van der Waals surface area contributed by atoms with Crippen LogP contribution in [0.3, 0.4) is 0 Å². The lowest BCUT2D eigenvalue weighted by Crippen LogP contribution is -2.59. The molecule has 10 heteroatoms. The van der Waals surface area contributed by atoms with Crippen molar-refractivity contribution >= 4 is 11.5 Å². The van der Waals surface area contributed by atoms with Crippen LogP contribution in [0, 0.1) is 5.92 Å². The summed E-state index contributed by atoms with van der Waals surface area (Å²) in [5.74, 6) is 0.557. The summed E-state index contributed by atoms with van der Waals surface area (Å²) < 4.78 is 39.4. The molecule has 3 N–H and O–H groups in total. The van der Waals surface area contributed by atoms with Crippen molar-refractivity contribution in [1.82, 2.24) is 15.1 Å². The van der Waals surface area contributed by atoms with E-state index in [0.29, 0.717) is 56.3 Å². The van der Waals surface area contributed by atoms with E-state index in [1.54, 1.807) is 0 Å². The second-order valence-corrected chi connectivity index (χ2v) is 9.56. The van der Waals surface area contributed by atoms with E-state index in [4.69, 9.17) is 20.2 Å². The number of morpholine rings is 2. The number of fused-ring (bicyclic) bond motifs is 4. The van der Waals surface area contributed by atoms with Gasteiger partial charge in [-0.05, 0) is 31.8 Å². The van der Waals surface area contributed by atoms with E-state index in [1.807, 2.05) is 6.08 Å². The van der Waals surface area contributed by atoms with Gasteiger partial charge >= 0.3 is 0 Å². The molecule has 6 unspecified atom stereocenters. The molecule has 6 heterocycles. The Morgan fingerprint density at radius 3 is 2.25 bits per heavy atom. The van der Waals surface area contributed by atoms with Crippen molar-refractivity contribution in [2.45, 2.75) is 62.6 Å². The second kappa shape index (κ2) is 8.07. The SMILES string of the molecule is NC1=NCC(C2=NC(N3C4CCC3COC4)NC(N3C4CCC3COC4)=C2)C(C(F)F)=C1.